The molecule has 0 bridgehead atoms. The monoisotopic (exact) mass is 689 g/mol. The van der Waals surface area contributed by atoms with Gasteiger partial charge in [0.2, 0.25) is 0 Å². The molecular formula is C52H35NO. The summed E-state index contributed by atoms with van der Waals surface area (Å²) < 4.78 is 6.81. The zero-order valence-corrected chi connectivity index (χ0v) is 29.6. The molecule has 9 aromatic carbocycles. The van der Waals surface area contributed by atoms with Gasteiger partial charge in [-0.15, -0.1) is 0 Å². The predicted molar refractivity (Wildman–Crippen MR) is 228 cm³/mol. The van der Waals surface area contributed by atoms with E-state index < -0.39 is 0 Å². The highest BCUT2D eigenvalue weighted by molar-refractivity contribution is 6.25. The Morgan fingerprint density at radius 1 is 0.315 bits per heavy atom. The Hall–Kier alpha value is -7.16. The van der Waals surface area contributed by atoms with Crippen LogP contribution in [0, 0.1) is 0 Å². The average Bonchev–Trinajstić information content (AvgIpc) is 3.66. The lowest BCUT2D eigenvalue weighted by atomic mass is 9.93. The molecule has 0 atom stereocenters. The number of furan rings is 1. The van der Waals surface area contributed by atoms with Crippen molar-refractivity contribution in [1.29, 1.82) is 0 Å². The number of hydrogen-bond acceptors (Lipinski definition) is 2. The molecule has 0 aliphatic carbocycles. The summed E-state index contributed by atoms with van der Waals surface area (Å²) in [6.07, 6.45) is 0. The minimum atomic E-state index is 0.881. The zero-order valence-electron chi connectivity index (χ0n) is 29.6. The first-order valence-electron chi connectivity index (χ1n) is 18.4. The van der Waals surface area contributed by atoms with Crippen LogP contribution in [-0.4, -0.2) is 0 Å². The molecule has 0 saturated heterocycles. The second kappa shape index (κ2) is 13.4. The van der Waals surface area contributed by atoms with Gasteiger partial charge in [-0.3, -0.25) is 0 Å². The van der Waals surface area contributed by atoms with E-state index in [1.807, 2.05) is 0 Å². The van der Waals surface area contributed by atoms with Gasteiger partial charge in [0, 0.05) is 33.4 Å². The molecule has 10 aromatic rings. The molecule has 254 valence electrons. The second-order valence-electron chi connectivity index (χ2n) is 13.7. The molecule has 2 nitrogen and oxygen atoms in total. The fraction of sp³-hybridized carbons (Fsp3) is 0. The third-order valence-corrected chi connectivity index (χ3v) is 10.5. The van der Waals surface area contributed by atoms with Crippen molar-refractivity contribution in [2.75, 3.05) is 4.90 Å². The number of anilines is 3. The smallest absolute Gasteiger partial charge is 0.143 e. The van der Waals surface area contributed by atoms with E-state index in [9.17, 15) is 0 Å². The maximum Gasteiger partial charge on any atom is 0.143 e. The van der Waals surface area contributed by atoms with Crippen LogP contribution in [-0.2, 0) is 0 Å². The van der Waals surface area contributed by atoms with Gasteiger partial charge in [-0.1, -0.05) is 164 Å². The minimum Gasteiger partial charge on any atom is -0.455 e. The molecule has 0 aliphatic heterocycles. The van der Waals surface area contributed by atoms with Crippen molar-refractivity contribution < 1.29 is 4.42 Å². The van der Waals surface area contributed by atoms with E-state index in [1.165, 1.54) is 33.0 Å². The van der Waals surface area contributed by atoms with Gasteiger partial charge in [0.15, 0.2) is 0 Å². The van der Waals surface area contributed by atoms with Crippen LogP contribution in [0.2, 0.25) is 0 Å². The Morgan fingerprint density at radius 2 is 0.833 bits per heavy atom. The summed E-state index contributed by atoms with van der Waals surface area (Å²) in [6.45, 7) is 0. The van der Waals surface area contributed by atoms with Crippen molar-refractivity contribution >= 4 is 49.8 Å². The normalized spacial score (nSPS) is 11.3. The van der Waals surface area contributed by atoms with Gasteiger partial charge in [0.05, 0.1) is 0 Å². The highest BCUT2D eigenvalue weighted by Crippen LogP contribution is 2.45. The van der Waals surface area contributed by atoms with Gasteiger partial charge < -0.3 is 9.32 Å². The van der Waals surface area contributed by atoms with Crippen molar-refractivity contribution in [1.82, 2.24) is 0 Å². The molecule has 1 heterocycles. The van der Waals surface area contributed by atoms with Crippen LogP contribution in [0.3, 0.4) is 0 Å². The summed E-state index contributed by atoms with van der Waals surface area (Å²) in [5.41, 5.74) is 14.3. The predicted octanol–water partition coefficient (Wildman–Crippen LogP) is 14.9. The number of fused-ring (bicyclic) bond motifs is 5. The highest BCUT2D eigenvalue weighted by Gasteiger charge is 2.20. The molecule has 0 aliphatic rings. The van der Waals surface area contributed by atoms with E-state index in [0.29, 0.717) is 0 Å². The van der Waals surface area contributed by atoms with E-state index in [0.717, 1.165) is 61.3 Å². The van der Waals surface area contributed by atoms with Crippen molar-refractivity contribution in [3.05, 3.63) is 212 Å². The fourth-order valence-corrected chi connectivity index (χ4v) is 7.87. The SMILES string of the molecule is c1ccc(-c2ccc(N(c3ccc(-c4ccccc4)cc3)c3cccc(-c4cccc5oc6c(-c7ccccc7)cc7ccccc7c6c45)c3)cc2)cc1. The maximum absolute atomic E-state index is 6.81. The van der Waals surface area contributed by atoms with E-state index in [-0.39, 0.29) is 0 Å². The fourth-order valence-electron chi connectivity index (χ4n) is 7.87. The summed E-state index contributed by atoms with van der Waals surface area (Å²) >= 11 is 0. The van der Waals surface area contributed by atoms with Gasteiger partial charge >= 0.3 is 0 Å². The van der Waals surface area contributed by atoms with Crippen molar-refractivity contribution in [3.63, 3.8) is 0 Å². The van der Waals surface area contributed by atoms with Crippen LogP contribution in [0.15, 0.2) is 217 Å². The van der Waals surface area contributed by atoms with E-state index in [1.54, 1.807) is 0 Å². The second-order valence-corrected chi connectivity index (χ2v) is 13.7. The summed E-state index contributed by atoms with van der Waals surface area (Å²) in [4.78, 5) is 2.35. The van der Waals surface area contributed by atoms with Crippen LogP contribution in [0.1, 0.15) is 0 Å². The van der Waals surface area contributed by atoms with Gasteiger partial charge in [0.25, 0.3) is 0 Å². The molecule has 1 aromatic heterocycles. The first kappa shape index (κ1) is 31.6. The quantitative estimate of drug-likeness (QED) is 0.166. The first-order chi connectivity index (χ1) is 26.8. The first-order valence-corrected chi connectivity index (χ1v) is 18.4. The Labute approximate surface area is 314 Å². The lowest BCUT2D eigenvalue weighted by Gasteiger charge is -2.26. The van der Waals surface area contributed by atoms with Gasteiger partial charge in [-0.2, -0.15) is 0 Å². The summed E-state index contributed by atoms with van der Waals surface area (Å²) in [5.74, 6) is 0. The standard InChI is InChI=1S/C52H35NO/c1-4-14-36(15-5-1)38-26-30-43(31-27-38)53(44-32-28-39(29-33-44)37-16-6-2-7-17-37)45-22-12-21-41(34-45)46-24-13-25-49-50(46)51-47-23-11-10-20-42(47)35-48(52(51)54-49)40-18-8-3-9-19-40/h1-35H. The van der Waals surface area contributed by atoms with Crippen LogP contribution in [0.5, 0.6) is 0 Å². The van der Waals surface area contributed by atoms with Gasteiger partial charge in [-0.05, 0) is 98.2 Å². The Kier molecular flexibility index (Phi) is 7.85. The Balaban J connectivity index is 1.15. The number of hydrogen-bond donors (Lipinski definition) is 0. The lowest BCUT2D eigenvalue weighted by molar-refractivity contribution is 0.670. The van der Waals surface area contributed by atoms with Gasteiger partial charge in [0.1, 0.15) is 11.2 Å². The van der Waals surface area contributed by atoms with Crippen LogP contribution < -0.4 is 4.90 Å². The number of rotatable bonds is 7. The molecule has 54 heavy (non-hydrogen) atoms. The molecule has 0 saturated carbocycles. The third-order valence-electron chi connectivity index (χ3n) is 10.5. The molecule has 0 radical (unpaired) electrons. The Bertz CT molecular complexity index is 2810. The maximum atomic E-state index is 6.81. The molecule has 2 heteroatoms. The molecule has 0 amide bonds. The molecule has 0 N–H and O–H groups in total. The molecule has 0 fully saturated rings. The topological polar surface area (TPSA) is 16.4 Å². The van der Waals surface area contributed by atoms with Crippen molar-refractivity contribution in [2.45, 2.75) is 0 Å². The van der Waals surface area contributed by atoms with Crippen LogP contribution >= 0.6 is 0 Å². The largest absolute Gasteiger partial charge is 0.455 e. The molecule has 0 spiro atoms. The summed E-state index contributed by atoms with van der Waals surface area (Å²) in [7, 11) is 0. The lowest BCUT2D eigenvalue weighted by Crippen LogP contribution is -2.10. The Morgan fingerprint density at radius 3 is 1.46 bits per heavy atom. The molecule has 0 unspecified atom stereocenters. The average molecular weight is 690 g/mol. The summed E-state index contributed by atoms with van der Waals surface area (Å²) in [6, 6.07) is 75.7. The molecular weight excluding hydrogens is 655 g/mol. The molecule has 10 rings (SSSR count). The van der Waals surface area contributed by atoms with Crippen LogP contribution in [0.25, 0.3) is 77.2 Å². The van der Waals surface area contributed by atoms with Crippen molar-refractivity contribution in [2.24, 2.45) is 0 Å². The number of benzene rings is 9. The zero-order chi connectivity index (χ0) is 35.8. The highest BCUT2D eigenvalue weighted by atomic mass is 16.3. The summed E-state index contributed by atoms with van der Waals surface area (Å²) in [5, 5.41) is 4.66. The van der Waals surface area contributed by atoms with Crippen LogP contribution in [0.4, 0.5) is 17.1 Å². The van der Waals surface area contributed by atoms with E-state index in [4.69, 9.17) is 4.42 Å². The van der Waals surface area contributed by atoms with Crippen molar-refractivity contribution in [3.8, 4) is 44.5 Å². The van der Waals surface area contributed by atoms with Gasteiger partial charge in [-0.25, -0.2) is 0 Å². The minimum absolute atomic E-state index is 0.881. The number of nitrogens with zero attached hydrogens (tertiary/aromatic N) is 1. The van der Waals surface area contributed by atoms with E-state index in [2.05, 4.69) is 217 Å². The third kappa shape index (κ3) is 5.62. The van der Waals surface area contributed by atoms with E-state index >= 15 is 0 Å².